The van der Waals surface area contributed by atoms with E-state index < -0.39 is 0 Å². The molecule has 1 heterocycles. The lowest BCUT2D eigenvalue weighted by Crippen LogP contribution is -2.12. The average Bonchev–Trinajstić information content (AvgIpc) is 2.70. The monoisotopic (exact) mass is 233 g/mol. The zero-order valence-electron chi connectivity index (χ0n) is 10.1. The Morgan fingerprint density at radius 1 is 1.41 bits per heavy atom. The predicted octanol–water partition coefficient (Wildman–Crippen LogP) is 1.48. The minimum Gasteiger partial charge on any atom is -0.395 e. The lowest BCUT2D eigenvalue weighted by atomic mass is 10.1. The third-order valence-electron chi connectivity index (χ3n) is 3.05. The van der Waals surface area contributed by atoms with Gasteiger partial charge in [-0.3, -0.25) is 0 Å². The molecule has 17 heavy (non-hydrogen) atoms. The van der Waals surface area contributed by atoms with Gasteiger partial charge in [-0.2, -0.15) is 0 Å². The molecule has 0 spiro atoms. The van der Waals surface area contributed by atoms with Crippen molar-refractivity contribution < 1.29 is 5.11 Å². The SMILES string of the molecule is CC(CCN)c1nc2ccccc2n1CCO. The molecule has 0 radical (unpaired) electrons. The van der Waals surface area contributed by atoms with Crippen molar-refractivity contribution in [2.24, 2.45) is 5.73 Å². The number of nitrogens with zero attached hydrogens (tertiary/aromatic N) is 2. The molecule has 0 aliphatic rings. The molecule has 1 unspecified atom stereocenters. The summed E-state index contributed by atoms with van der Waals surface area (Å²) in [6.07, 6.45) is 0.911. The first kappa shape index (κ1) is 12.1. The van der Waals surface area contributed by atoms with Crippen LogP contribution in [-0.2, 0) is 6.54 Å². The summed E-state index contributed by atoms with van der Waals surface area (Å²) in [6.45, 7) is 3.50. The molecule has 1 atom stereocenters. The van der Waals surface area contributed by atoms with Crippen molar-refractivity contribution in [3.8, 4) is 0 Å². The Balaban J connectivity index is 2.49. The van der Waals surface area contributed by atoms with Crippen molar-refractivity contribution in [1.82, 2.24) is 9.55 Å². The number of imidazole rings is 1. The van der Waals surface area contributed by atoms with Crippen LogP contribution < -0.4 is 5.73 Å². The Kier molecular flexibility index (Phi) is 3.76. The third-order valence-corrected chi connectivity index (χ3v) is 3.05. The maximum absolute atomic E-state index is 9.16. The highest BCUT2D eigenvalue weighted by Crippen LogP contribution is 2.23. The van der Waals surface area contributed by atoms with Crippen LogP contribution in [0.1, 0.15) is 25.1 Å². The van der Waals surface area contributed by atoms with Crippen LogP contribution in [0, 0.1) is 0 Å². The molecule has 4 heteroatoms. The van der Waals surface area contributed by atoms with Gasteiger partial charge in [0.2, 0.25) is 0 Å². The number of rotatable bonds is 5. The van der Waals surface area contributed by atoms with E-state index in [1.54, 1.807) is 0 Å². The number of hydrogen-bond donors (Lipinski definition) is 2. The molecule has 0 saturated heterocycles. The quantitative estimate of drug-likeness (QED) is 0.822. The van der Waals surface area contributed by atoms with Gasteiger partial charge >= 0.3 is 0 Å². The lowest BCUT2D eigenvalue weighted by Gasteiger charge is -2.12. The van der Waals surface area contributed by atoms with Crippen molar-refractivity contribution in [1.29, 1.82) is 0 Å². The highest BCUT2D eigenvalue weighted by molar-refractivity contribution is 5.76. The summed E-state index contributed by atoms with van der Waals surface area (Å²) in [5.74, 6) is 1.34. The molecule has 0 saturated carbocycles. The molecule has 0 fully saturated rings. The van der Waals surface area contributed by atoms with Gasteiger partial charge in [0.15, 0.2) is 0 Å². The summed E-state index contributed by atoms with van der Waals surface area (Å²) in [5.41, 5.74) is 7.67. The number of aliphatic hydroxyl groups excluding tert-OH is 1. The molecule has 0 aliphatic heterocycles. The molecule has 0 amide bonds. The van der Waals surface area contributed by atoms with E-state index in [0.29, 0.717) is 19.0 Å². The van der Waals surface area contributed by atoms with Crippen molar-refractivity contribution in [2.45, 2.75) is 25.8 Å². The highest BCUT2D eigenvalue weighted by Gasteiger charge is 2.15. The molecular formula is C13H19N3O. The van der Waals surface area contributed by atoms with Crippen LogP contribution in [0.15, 0.2) is 24.3 Å². The Labute approximate surface area is 101 Å². The molecule has 92 valence electrons. The molecule has 0 aliphatic carbocycles. The topological polar surface area (TPSA) is 64.1 Å². The smallest absolute Gasteiger partial charge is 0.112 e. The molecule has 2 rings (SSSR count). The van der Waals surface area contributed by atoms with Gasteiger partial charge in [-0.05, 0) is 25.1 Å². The first-order valence-electron chi connectivity index (χ1n) is 6.04. The maximum Gasteiger partial charge on any atom is 0.112 e. The standard InChI is InChI=1S/C13H19N3O/c1-10(6-7-14)13-15-11-4-2-3-5-12(11)16(13)8-9-17/h2-5,10,17H,6-9,14H2,1H3. The molecule has 1 aromatic heterocycles. The highest BCUT2D eigenvalue weighted by atomic mass is 16.3. The van der Waals surface area contributed by atoms with Crippen LogP contribution in [0.4, 0.5) is 0 Å². The summed E-state index contributed by atoms with van der Waals surface area (Å²) in [6, 6.07) is 8.02. The second kappa shape index (κ2) is 5.29. The molecule has 4 nitrogen and oxygen atoms in total. The second-order valence-electron chi connectivity index (χ2n) is 4.31. The average molecular weight is 233 g/mol. The van der Waals surface area contributed by atoms with Gasteiger partial charge in [0, 0.05) is 12.5 Å². The van der Waals surface area contributed by atoms with Crippen molar-refractivity contribution >= 4 is 11.0 Å². The number of aromatic nitrogens is 2. The van der Waals surface area contributed by atoms with E-state index in [1.165, 1.54) is 0 Å². The van der Waals surface area contributed by atoms with E-state index in [-0.39, 0.29) is 6.61 Å². The Morgan fingerprint density at radius 3 is 2.88 bits per heavy atom. The van der Waals surface area contributed by atoms with Crippen molar-refractivity contribution in [3.05, 3.63) is 30.1 Å². The van der Waals surface area contributed by atoms with Gasteiger partial charge in [-0.1, -0.05) is 19.1 Å². The summed E-state index contributed by atoms with van der Waals surface area (Å²) in [5, 5.41) is 9.16. The summed E-state index contributed by atoms with van der Waals surface area (Å²) < 4.78 is 2.09. The zero-order chi connectivity index (χ0) is 12.3. The van der Waals surface area contributed by atoms with Crippen LogP contribution in [0.3, 0.4) is 0 Å². The van der Waals surface area contributed by atoms with E-state index in [9.17, 15) is 0 Å². The molecule has 0 bridgehead atoms. The van der Waals surface area contributed by atoms with Gasteiger partial charge in [0.25, 0.3) is 0 Å². The fourth-order valence-electron chi connectivity index (χ4n) is 2.18. The van der Waals surface area contributed by atoms with Gasteiger partial charge < -0.3 is 15.4 Å². The number of nitrogens with two attached hydrogens (primary N) is 1. The lowest BCUT2D eigenvalue weighted by molar-refractivity contribution is 0.275. The minimum atomic E-state index is 0.128. The zero-order valence-corrected chi connectivity index (χ0v) is 10.1. The van der Waals surface area contributed by atoms with Crippen LogP contribution in [0.25, 0.3) is 11.0 Å². The fourth-order valence-corrected chi connectivity index (χ4v) is 2.18. The van der Waals surface area contributed by atoms with E-state index in [1.807, 2.05) is 24.3 Å². The van der Waals surface area contributed by atoms with Crippen LogP contribution in [-0.4, -0.2) is 27.8 Å². The van der Waals surface area contributed by atoms with E-state index >= 15 is 0 Å². The van der Waals surface area contributed by atoms with Crippen LogP contribution in [0.5, 0.6) is 0 Å². The maximum atomic E-state index is 9.16. The largest absolute Gasteiger partial charge is 0.395 e. The van der Waals surface area contributed by atoms with Gasteiger partial charge in [-0.15, -0.1) is 0 Å². The number of benzene rings is 1. The normalized spacial score (nSPS) is 13.1. The number of hydrogen-bond acceptors (Lipinski definition) is 3. The number of para-hydroxylation sites is 2. The molecule has 1 aromatic carbocycles. The molecule has 2 aromatic rings. The van der Waals surface area contributed by atoms with E-state index in [4.69, 9.17) is 10.8 Å². The Hall–Kier alpha value is -1.39. The first-order chi connectivity index (χ1) is 8.27. The number of aliphatic hydroxyl groups is 1. The van der Waals surface area contributed by atoms with Gasteiger partial charge in [0.05, 0.1) is 17.6 Å². The Morgan fingerprint density at radius 2 is 2.18 bits per heavy atom. The third kappa shape index (κ3) is 2.33. The fraction of sp³-hybridized carbons (Fsp3) is 0.462. The summed E-state index contributed by atoms with van der Waals surface area (Å²) in [7, 11) is 0. The number of fused-ring (bicyclic) bond motifs is 1. The molecular weight excluding hydrogens is 214 g/mol. The summed E-state index contributed by atoms with van der Waals surface area (Å²) >= 11 is 0. The minimum absolute atomic E-state index is 0.128. The van der Waals surface area contributed by atoms with Gasteiger partial charge in [0.1, 0.15) is 5.82 Å². The Bertz CT molecular complexity index is 492. The second-order valence-corrected chi connectivity index (χ2v) is 4.31. The van der Waals surface area contributed by atoms with Crippen molar-refractivity contribution in [3.63, 3.8) is 0 Å². The van der Waals surface area contributed by atoms with Crippen LogP contribution in [0.2, 0.25) is 0 Å². The van der Waals surface area contributed by atoms with E-state index in [0.717, 1.165) is 23.3 Å². The van der Waals surface area contributed by atoms with Crippen molar-refractivity contribution in [2.75, 3.05) is 13.2 Å². The van der Waals surface area contributed by atoms with Crippen LogP contribution >= 0.6 is 0 Å². The van der Waals surface area contributed by atoms with E-state index in [2.05, 4.69) is 16.5 Å². The first-order valence-corrected chi connectivity index (χ1v) is 6.04. The predicted molar refractivity (Wildman–Crippen MR) is 68.9 cm³/mol. The molecule has 3 N–H and O–H groups in total. The summed E-state index contributed by atoms with van der Waals surface area (Å²) in [4.78, 5) is 4.65. The van der Waals surface area contributed by atoms with Gasteiger partial charge in [-0.25, -0.2) is 4.98 Å².